The third kappa shape index (κ3) is 18.7. The van der Waals surface area contributed by atoms with Crippen LogP contribution < -0.4 is 0 Å². The molecule has 0 saturated heterocycles. The van der Waals surface area contributed by atoms with Gasteiger partial charge in [-0.2, -0.15) is 0 Å². The molecule has 0 saturated carbocycles. The van der Waals surface area contributed by atoms with Crippen LogP contribution in [0.5, 0.6) is 0 Å². The quantitative estimate of drug-likeness (QED) is 0.0673. The number of halogens is 1. The highest BCUT2D eigenvalue weighted by Crippen LogP contribution is 2.73. The highest BCUT2D eigenvalue weighted by molar-refractivity contribution is 8.33. The molecule has 0 unspecified atom stereocenters. The highest BCUT2D eigenvalue weighted by atomic mass is 32.3. The molecule has 0 aromatic carbocycles. The highest BCUT2D eigenvalue weighted by Gasteiger charge is 2.41. The molecule has 0 heterocycles. The summed E-state index contributed by atoms with van der Waals surface area (Å²) in [5.41, 5.74) is 0. The van der Waals surface area contributed by atoms with Crippen molar-refractivity contribution in [2.24, 2.45) is 0 Å². The van der Waals surface area contributed by atoms with Gasteiger partial charge in [-0.15, -0.1) is 24.8 Å². The molecule has 0 spiro atoms. The molecule has 0 aliphatic carbocycles. The van der Waals surface area contributed by atoms with Gasteiger partial charge in [-0.3, -0.25) is 0 Å². The summed E-state index contributed by atoms with van der Waals surface area (Å²) in [5, 5.41) is 0. The molecule has 228 valence electrons. The zero-order valence-corrected chi connectivity index (χ0v) is 28.4. The molecular weight excluding hydrogens is 522 g/mol. The van der Waals surface area contributed by atoms with E-state index in [1.165, 1.54) is 64.2 Å². The lowest BCUT2D eigenvalue weighted by Gasteiger charge is -2.43. The molecule has 3 nitrogen and oxygen atoms in total. The van der Waals surface area contributed by atoms with E-state index in [0.29, 0.717) is 0 Å². The molecule has 0 aliphatic rings. The Hall–Kier alpha value is 0.780. The summed E-state index contributed by atoms with van der Waals surface area (Å²) in [6.07, 6.45) is 20.9. The van der Waals surface area contributed by atoms with Gasteiger partial charge in [0.1, 0.15) is 0 Å². The van der Waals surface area contributed by atoms with Crippen LogP contribution in [0.25, 0.3) is 0 Å². The smallest absolute Gasteiger partial charge is 0.233 e. The first-order valence-corrected chi connectivity index (χ1v) is 21.6. The van der Waals surface area contributed by atoms with Gasteiger partial charge >= 0.3 is 7.91 Å². The van der Waals surface area contributed by atoms with Crippen molar-refractivity contribution in [2.75, 3.05) is 34.5 Å². The van der Waals surface area contributed by atoms with Gasteiger partial charge in [0.05, 0.1) is 0 Å². The van der Waals surface area contributed by atoms with Gasteiger partial charge in [0, 0.05) is 0 Å². The van der Waals surface area contributed by atoms with Crippen LogP contribution >= 0.6 is 28.5 Å². The Bertz CT molecular complexity index is 509. The number of hydrogen-bond acceptors (Lipinski definition) is 3. The monoisotopic (exact) mass is 588 g/mol. The van der Waals surface area contributed by atoms with Crippen molar-refractivity contribution in [3.05, 3.63) is 0 Å². The first kappa shape index (κ1) is 37.8. The molecule has 0 amide bonds. The molecule has 0 aliphatic heterocycles. The molecule has 0 aromatic rings. The van der Waals surface area contributed by atoms with Gasteiger partial charge in [-0.25, -0.2) is 12.5 Å². The van der Waals surface area contributed by atoms with Gasteiger partial charge in [0.25, 0.3) is 0 Å². The fourth-order valence-electron chi connectivity index (χ4n) is 5.36. The molecule has 7 heteroatoms. The van der Waals surface area contributed by atoms with E-state index in [9.17, 15) is 4.57 Å². The van der Waals surface area contributed by atoms with Crippen molar-refractivity contribution < 1.29 is 16.7 Å². The Morgan fingerprint density at radius 3 is 0.973 bits per heavy atom. The predicted molar refractivity (Wildman–Crippen MR) is 172 cm³/mol. The van der Waals surface area contributed by atoms with Crippen LogP contribution in [0.15, 0.2) is 0 Å². The lowest BCUT2D eigenvalue weighted by molar-refractivity contribution is 0.364. The Morgan fingerprint density at radius 1 is 0.432 bits per heavy atom. The maximum Gasteiger partial charge on any atom is 0.532 e. The number of rotatable bonds is 28. The van der Waals surface area contributed by atoms with E-state index in [4.69, 9.17) is 7.94 Å². The minimum absolute atomic E-state index is 0.829. The van der Waals surface area contributed by atoms with E-state index in [-0.39, 0.29) is 0 Å². The largest absolute Gasteiger partial charge is 0.532 e. The van der Waals surface area contributed by atoms with Crippen molar-refractivity contribution in [2.45, 2.75) is 157 Å². The van der Waals surface area contributed by atoms with Gasteiger partial charge in [-0.05, 0) is 73.0 Å². The van der Waals surface area contributed by atoms with Gasteiger partial charge in [-0.1, -0.05) is 119 Å². The molecular formula is C30H66FO3PS2. The predicted octanol–water partition coefficient (Wildman–Crippen LogP) is 12.7. The Labute approximate surface area is 236 Å². The number of unbranched alkanes of at least 4 members (excludes halogenated alkanes) is 12. The summed E-state index contributed by atoms with van der Waals surface area (Å²) in [6, 6.07) is 0. The lowest BCUT2D eigenvalue weighted by Crippen LogP contribution is -2.19. The SMILES string of the molecule is CCCCCCCCCS(CCC)(CCC)OP(=O)(F)OS(CCC)(CCC)CCCCCCCCC. The molecule has 0 bridgehead atoms. The topological polar surface area (TPSA) is 35.5 Å². The van der Waals surface area contributed by atoms with Crippen molar-refractivity contribution in [1.82, 2.24) is 0 Å². The zero-order chi connectivity index (χ0) is 27.9. The number of hydrogen-bond donors (Lipinski definition) is 0. The summed E-state index contributed by atoms with van der Waals surface area (Å²) < 4.78 is 41.7. The van der Waals surface area contributed by atoms with Crippen LogP contribution in [0.1, 0.15) is 157 Å². The first-order chi connectivity index (χ1) is 17.8. The molecule has 0 atom stereocenters. The van der Waals surface area contributed by atoms with Crippen LogP contribution in [0.2, 0.25) is 0 Å². The van der Waals surface area contributed by atoms with Crippen molar-refractivity contribution in [1.29, 1.82) is 0 Å². The van der Waals surface area contributed by atoms with Crippen LogP contribution in [-0.2, 0) is 12.5 Å². The molecule has 37 heavy (non-hydrogen) atoms. The molecule has 0 fully saturated rings. The van der Waals surface area contributed by atoms with Crippen molar-refractivity contribution >= 4 is 28.5 Å². The van der Waals surface area contributed by atoms with Crippen molar-refractivity contribution in [3.8, 4) is 0 Å². The second-order valence-corrected chi connectivity index (χ2v) is 19.3. The minimum Gasteiger partial charge on any atom is -0.233 e. The van der Waals surface area contributed by atoms with Gasteiger partial charge in [0.2, 0.25) is 0 Å². The molecule has 0 rings (SSSR count). The third-order valence-electron chi connectivity index (χ3n) is 7.04. The average molecular weight is 589 g/mol. The van der Waals surface area contributed by atoms with Crippen LogP contribution in [0.4, 0.5) is 4.20 Å². The Balaban J connectivity index is 5.30. The van der Waals surface area contributed by atoms with Crippen LogP contribution in [0, 0.1) is 0 Å². The first-order valence-electron chi connectivity index (χ1n) is 16.0. The van der Waals surface area contributed by atoms with E-state index >= 15 is 4.20 Å². The van der Waals surface area contributed by atoms with Gasteiger partial charge in [0.15, 0.2) is 0 Å². The van der Waals surface area contributed by atoms with E-state index in [1.807, 2.05) is 0 Å². The van der Waals surface area contributed by atoms with E-state index in [2.05, 4.69) is 41.5 Å². The summed E-state index contributed by atoms with van der Waals surface area (Å²) in [5.74, 6) is 5.04. The maximum absolute atomic E-state index is 16.0. The molecule has 0 radical (unpaired) electrons. The molecule has 0 N–H and O–H groups in total. The maximum atomic E-state index is 16.0. The normalized spacial score (nSPS) is 13.8. The third-order valence-corrected chi connectivity index (χ3v) is 17.7. The lowest BCUT2D eigenvalue weighted by atomic mass is 10.1. The fourth-order valence-corrected chi connectivity index (χ4v) is 16.2. The Morgan fingerprint density at radius 2 is 0.703 bits per heavy atom. The summed E-state index contributed by atoms with van der Waals surface area (Å²) in [4.78, 5) is 0. The fraction of sp³-hybridized carbons (Fsp3) is 1.00. The van der Waals surface area contributed by atoms with E-state index < -0.39 is 28.5 Å². The minimum atomic E-state index is -4.62. The second kappa shape index (κ2) is 23.5. The van der Waals surface area contributed by atoms with E-state index in [0.717, 1.165) is 85.9 Å². The Kier molecular flexibility index (Phi) is 24.0. The average Bonchev–Trinajstić information content (AvgIpc) is 2.83. The summed E-state index contributed by atoms with van der Waals surface area (Å²) in [7, 11) is -8.10. The van der Waals surface area contributed by atoms with Crippen LogP contribution in [-0.4, -0.2) is 34.5 Å². The second-order valence-electron chi connectivity index (χ2n) is 11.0. The summed E-state index contributed by atoms with van der Waals surface area (Å²) >= 11 is 0. The van der Waals surface area contributed by atoms with Crippen LogP contribution in [0.3, 0.4) is 0 Å². The standard InChI is InChI=1S/C30H66FO3PS2/c1-7-13-15-17-19-21-23-29-36(25-9-3,26-10-4)33-35(31,32)34-37(27-11-5,28-12-6)30-24-22-20-18-16-14-8-2/h7-30H2,1-6H3. The summed E-state index contributed by atoms with van der Waals surface area (Å²) in [6.45, 7) is 13.0. The van der Waals surface area contributed by atoms with Crippen molar-refractivity contribution in [3.63, 3.8) is 0 Å². The molecule has 0 aromatic heterocycles. The zero-order valence-electron chi connectivity index (χ0n) is 25.8. The van der Waals surface area contributed by atoms with E-state index in [1.54, 1.807) is 0 Å². The van der Waals surface area contributed by atoms with Gasteiger partial charge < -0.3 is 0 Å².